The fourth-order valence-corrected chi connectivity index (χ4v) is 4.12. The van der Waals surface area contributed by atoms with Crippen LogP contribution in [0, 0.1) is 0 Å². The van der Waals surface area contributed by atoms with E-state index in [1.807, 2.05) is 48.5 Å². The molecule has 4 rings (SSSR count). The fraction of sp³-hybridized carbons (Fsp3) is 0.333. The van der Waals surface area contributed by atoms with Crippen molar-refractivity contribution in [1.82, 2.24) is 9.91 Å². The number of amides is 1. The van der Waals surface area contributed by atoms with E-state index in [1.54, 1.807) is 5.01 Å². The van der Waals surface area contributed by atoms with E-state index in [1.165, 1.54) is 0 Å². The van der Waals surface area contributed by atoms with Crippen molar-refractivity contribution in [2.45, 2.75) is 12.5 Å². The van der Waals surface area contributed by atoms with E-state index in [0.29, 0.717) is 36.2 Å². The Morgan fingerprint density at radius 1 is 1.04 bits per heavy atom. The lowest BCUT2D eigenvalue weighted by molar-refractivity contribution is -0.135. The molecule has 0 N–H and O–H groups in total. The number of hydrazone groups is 1. The standard InChI is InChI=1S/C21H21Cl2N3O2/c22-17-7-3-1-5-15(17)19-13-20(16-6-2-4-8-18(16)23)26(24-19)21(27)14-25-9-11-28-12-10-25/h1-8,20H,9-14H2/t20-/m0/s1. The van der Waals surface area contributed by atoms with E-state index in [9.17, 15) is 4.79 Å². The summed E-state index contributed by atoms with van der Waals surface area (Å²) < 4.78 is 5.37. The molecule has 7 heteroatoms. The molecule has 1 atom stereocenters. The Balaban J connectivity index is 1.64. The molecular weight excluding hydrogens is 397 g/mol. The highest BCUT2D eigenvalue weighted by atomic mass is 35.5. The minimum Gasteiger partial charge on any atom is -0.379 e. The van der Waals surface area contributed by atoms with Gasteiger partial charge in [-0.3, -0.25) is 9.69 Å². The minimum absolute atomic E-state index is 0.0473. The summed E-state index contributed by atoms with van der Waals surface area (Å²) in [7, 11) is 0. The lowest BCUT2D eigenvalue weighted by Crippen LogP contribution is -2.43. The van der Waals surface area contributed by atoms with E-state index < -0.39 is 0 Å². The zero-order valence-electron chi connectivity index (χ0n) is 15.4. The average molecular weight is 418 g/mol. The van der Waals surface area contributed by atoms with Crippen molar-refractivity contribution >= 4 is 34.8 Å². The third kappa shape index (κ3) is 4.08. The van der Waals surface area contributed by atoms with Crippen LogP contribution in [0.2, 0.25) is 10.0 Å². The molecule has 28 heavy (non-hydrogen) atoms. The smallest absolute Gasteiger partial charge is 0.257 e. The van der Waals surface area contributed by atoms with Crippen molar-refractivity contribution in [2.75, 3.05) is 32.8 Å². The summed E-state index contributed by atoms with van der Waals surface area (Å²) in [5.41, 5.74) is 2.54. The molecule has 146 valence electrons. The highest BCUT2D eigenvalue weighted by molar-refractivity contribution is 6.34. The summed E-state index contributed by atoms with van der Waals surface area (Å²) in [6.07, 6.45) is 0.572. The number of hydrogen-bond donors (Lipinski definition) is 0. The van der Waals surface area contributed by atoms with Crippen molar-refractivity contribution in [3.05, 3.63) is 69.7 Å². The van der Waals surface area contributed by atoms with Crippen molar-refractivity contribution in [3.8, 4) is 0 Å². The van der Waals surface area contributed by atoms with Crippen LogP contribution < -0.4 is 0 Å². The zero-order valence-corrected chi connectivity index (χ0v) is 16.9. The average Bonchev–Trinajstić information content (AvgIpc) is 3.14. The van der Waals surface area contributed by atoms with Gasteiger partial charge >= 0.3 is 0 Å². The second-order valence-electron chi connectivity index (χ2n) is 6.89. The van der Waals surface area contributed by atoms with Crippen molar-refractivity contribution < 1.29 is 9.53 Å². The number of carbonyl (C=O) groups excluding carboxylic acids is 1. The SMILES string of the molecule is O=C(CN1CCOCC1)N1N=C(c2ccccc2Cl)C[C@H]1c1ccccc1Cl. The molecule has 1 amide bonds. The maximum Gasteiger partial charge on any atom is 0.257 e. The number of hydrogen-bond acceptors (Lipinski definition) is 4. The zero-order chi connectivity index (χ0) is 19.5. The van der Waals surface area contributed by atoms with Crippen LogP contribution >= 0.6 is 23.2 Å². The molecule has 2 aromatic carbocycles. The number of ether oxygens (including phenoxy) is 1. The molecule has 0 bridgehead atoms. The van der Waals surface area contributed by atoms with Gasteiger partial charge < -0.3 is 4.74 Å². The molecule has 0 aromatic heterocycles. The first-order chi connectivity index (χ1) is 13.6. The van der Waals surface area contributed by atoms with Gasteiger partial charge in [0.05, 0.1) is 31.5 Å². The van der Waals surface area contributed by atoms with E-state index in [-0.39, 0.29) is 11.9 Å². The van der Waals surface area contributed by atoms with Crippen molar-refractivity contribution in [2.24, 2.45) is 5.10 Å². The van der Waals surface area contributed by atoms with Gasteiger partial charge in [0, 0.05) is 35.1 Å². The molecule has 0 spiro atoms. The molecular formula is C21H21Cl2N3O2. The highest BCUT2D eigenvalue weighted by Gasteiger charge is 2.35. The fourth-order valence-electron chi connectivity index (χ4n) is 3.61. The first-order valence-electron chi connectivity index (χ1n) is 9.32. The normalized spacial score (nSPS) is 20.3. The van der Waals surface area contributed by atoms with Crippen molar-refractivity contribution in [3.63, 3.8) is 0 Å². The van der Waals surface area contributed by atoms with Gasteiger partial charge in [-0.1, -0.05) is 59.6 Å². The summed E-state index contributed by atoms with van der Waals surface area (Å²) in [5.74, 6) is -0.0473. The molecule has 2 aromatic rings. The number of rotatable bonds is 4. The number of nitrogens with zero attached hydrogens (tertiary/aromatic N) is 3. The molecule has 2 heterocycles. The summed E-state index contributed by atoms with van der Waals surface area (Å²) in [6, 6.07) is 14.9. The van der Waals surface area contributed by atoms with Crippen LogP contribution in [0.25, 0.3) is 0 Å². The summed E-state index contributed by atoms with van der Waals surface area (Å²) in [4.78, 5) is 15.2. The Kier molecular flexibility index (Phi) is 5.97. The van der Waals surface area contributed by atoms with Crippen LogP contribution in [0.4, 0.5) is 0 Å². The molecule has 0 radical (unpaired) electrons. The van der Waals surface area contributed by atoms with Crippen molar-refractivity contribution in [1.29, 1.82) is 0 Å². The third-order valence-corrected chi connectivity index (χ3v) is 5.75. The van der Waals surface area contributed by atoms with Gasteiger partial charge in [0.1, 0.15) is 0 Å². The lowest BCUT2D eigenvalue weighted by Gasteiger charge is -2.29. The molecule has 2 aliphatic heterocycles. The van der Waals surface area contributed by atoms with Crippen LogP contribution in [0.15, 0.2) is 53.6 Å². The van der Waals surface area contributed by atoms with Gasteiger partial charge in [0.2, 0.25) is 0 Å². The Morgan fingerprint density at radius 2 is 1.71 bits per heavy atom. The molecule has 5 nitrogen and oxygen atoms in total. The Hall–Kier alpha value is -1.92. The Bertz CT molecular complexity index is 897. The second-order valence-corrected chi connectivity index (χ2v) is 7.71. The predicted molar refractivity (Wildman–Crippen MR) is 111 cm³/mol. The molecule has 0 unspecified atom stereocenters. The van der Waals surface area contributed by atoms with Crippen LogP contribution in [0.5, 0.6) is 0 Å². The van der Waals surface area contributed by atoms with E-state index >= 15 is 0 Å². The number of halogens is 2. The number of carbonyl (C=O) groups is 1. The van der Waals surface area contributed by atoms with Crippen LogP contribution in [0.1, 0.15) is 23.6 Å². The maximum absolute atomic E-state index is 13.1. The van der Waals surface area contributed by atoms with E-state index in [2.05, 4.69) is 10.0 Å². The van der Waals surface area contributed by atoms with Gasteiger partial charge in [-0.2, -0.15) is 5.10 Å². The second kappa shape index (κ2) is 8.62. The minimum atomic E-state index is -0.242. The van der Waals surface area contributed by atoms with Gasteiger partial charge in [-0.25, -0.2) is 5.01 Å². The topological polar surface area (TPSA) is 45.1 Å². The van der Waals surface area contributed by atoms with Gasteiger partial charge in [-0.15, -0.1) is 0 Å². The predicted octanol–water partition coefficient (Wildman–Crippen LogP) is 4.00. The van der Waals surface area contributed by atoms with Gasteiger partial charge in [-0.05, 0) is 17.7 Å². The molecule has 0 saturated carbocycles. The third-order valence-electron chi connectivity index (χ3n) is 5.08. The van der Waals surface area contributed by atoms with Crippen LogP contribution in [-0.2, 0) is 9.53 Å². The summed E-state index contributed by atoms with van der Waals surface area (Å²) >= 11 is 12.8. The maximum atomic E-state index is 13.1. The Labute approximate surface area is 174 Å². The first-order valence-corrected chi connectivity index (χ1v) is 10.1. The number of benzene rings is 2. The first kappa shape index (κ1) is 19.4. The quantitative estimate of drug-likeness (QED) is 0.754. The molecule has 1 fully saturated rings. The van der Waals surface area contributed by atoms with E-state index in [0.717, 1.165) is 29.9 Å². The van der Waals surface area contributed by atoms with Gasteiger partial charge in [0.25, 0.3) is 5.91 Å². The van der Waals surface area contributed by atoms with Gasteiger partial charge in [0.15, 0.2) is 0 Å². The summed E-state index contributed by atoms with van der Waals surface area (Å²) in [6.45, 7) is 3.10. The lowest BCUT2D eigenvalue weighted by atomic mass is 9.98. The molecule has 2 aliphatic rings. The van der Waals surface area contributed by atoms with Crippen LogP contribution in [0.3, 0.4) is 0 Å². The number of morpholine rings is 1. The Morgan fingerprint density at radius 3 is 2.43 bits per heavy atom. The molecule has 0 aliphatic carbocycles. The highest BCUT2D eigenvalue weighted by Crippen LogP contribution is 2.37. The summed E-state index contributed by atoms with van der Waals surface area (Å²) in [5, 5.41) is 7.52. The molecule has 1 saturated heterocycles. The monoisotopic (exact) mass is 417 g/mol. The largest absolute Gasteiger partial charge is 0.379 e. The van der Waals surface area contributed by atoms with E-state index in [4.69, 9.17) is 27.9 Å². The van der Waals surface area contributed by atoms with Crippen LogP contribution in [-0.4, -0.2) is 54.4 Å².